The molecule has 3 aliphatic carbocycles. The Morgan fingerprint density at radius 2 is 1.14 bits per heavy atom. The van der Waals surface area contributed by atoms with Gasteiger partial charge in [0.25, 0.3) is 0 Å². The molecule has 2 aromatic carbocycles. The Labute approximate surface area is 253 Å². The minimum Gasteiger partial charge on any atom is -0.209 e. The highest BCUT2D eigenvalue weighted by Gasteiger charge is 2.32. The van der Waals surface area contributed by atoms with Gasteiger partial charge < -0.3 is 0 Å². The zero-order valence-corrected chi connectivity index (χ0v) is 25.4. The first-order chi connectivity index (χ1) is 20.7. The summed E-state index contributed by atoms with van der Waals surface area (Å²) in [5.41, 5.74) is 1.22. The normalized spacial score (nSPS) is 28.9. The summed E-state index contributed by atoms with van der Waals surface area (Å²) in [4.78, 5) is 0. The van der Waals surface area contributed by atoms with E-state index >= 15 is 0 Å². The van der Waals surface area contributed by atoms with Gasteiger partial charge in [-0.3, -0.25) is 0 Å². The van der Waals surface area contributed by atoms with Gasteiger partial charge in [0.2, 0.25) is 0 Å². The molecule has 43 heavy (non-hydrogen) atoms. The number of hydrogen-bond acceptors (Lipinski definition) is 0. The minimum atomic E-state index is -1.38. The van der Waals surface area contributed by atoms with Gasteiger partial charge in [-0.25, -0.2) is 26.3 Å². The molecule has 0 aliphatic heterocycles. The zero-order chi connectivity index (χ0) is 30.5. The Hall–Kier alpha value is -2.24. The lowest BCUT2D eigenvalue weighted by Gasteiger charge is -2.38. The van der Waals surface area contributed by atoms with Crippen molar-refractivity contribution in [1.29, 1.82) is 0 Å². The van der Waals surface area contributed by atoms with E-state index in [1.165, 1.54) is 56.7 Å². The Morgan fingerprint density at radius 3 is 1.67 bits per heavy atom. The summed E-state index contributed by atoms with van der Waals surface area (Å²) in [5, 5.41) is 0. The molecule has 0 spiro atoms. The van der Waals surface area contributed by atoms with E-state index in [-0.39, 0.29) is 23.8 Å². The highest BCUT2D eigenvalue weighted by molar-refractivity contribution is 5.61. The van der Waals surface area contributed by atoms with Gasteiger partial charge in [0, 0.05) is 12.0 Å². The van der Waals surface area contributed by atoms with Gasteiger partial charge in [-0.15, -0.1) is 0 Å². The predicted molar refractivity (Wildman–Crippen MR) is 161 cm³/mol. The van der Waals surface area contributed by atoms with Crippen molar-refractivity contribution in [2.24, 2.45) is 23.7 Å². The summed E-state index contributed by atoms with van der Waals surface area (Å²) in [6.07, 6.45) is 16.1. The highest BCUT2D eigenvalue weighted by Crippen LogP contribution is 2.46. The molecule has 0 amide bonds. The Morgan fingerprint density at radius 1 is 0.628 bits per heavy atom. The lowest BCUT2D eigenvalue weighted by molar-refractivity contribution is 0.151. The third kappa shape index (κ3) is 7.89. The molecule has 236 valence electrons. The van der Waals surface area contributed by atoms with Crippen molar-refractivity contribution in [3.8, 4) is 0 Å². The van der Waals surface area contributed by atoms with Crippen molar-refractivity contribution >= 4 is 5.83 Å². The van der Waals surface area contributed by atoms with Crippen LogP contribution in [0.2, 0.25) is 0 Å². The van der Waals surface area contributed by atoms with Crippen LogP contribution in [0.5, 0.6) is 0 Å². The van der Waals surface area contributed by atoms with Crippen LogP contribution < -0.4 is 0 Å². The van der Waals surface area contributed by atoms with E-state index in [0.29, 0.717) is 29.4 Å². The Kier molecular flexibility index (Phi) is 11.0. The van der Waals surface area contributed by atoms with Gasteiger partial charge in [0.1, 0.15) is 11.6 Å². The molecule has 3 aliphatic rings. The fourth-order valence-electron chi connectivity index (χ4n) is 8.40. The predicted octanol–water partition coefficient (Wildman–Crippen LogP) is 12.5. The molecule has 0 saturated heterocycles. The summed E-state index contributed by atoms with van der Waals surface area (Å²) in [7, 11) is 0. The van der Waals surface area contributed by atoms with Gasteiger partial charge in [-0.2, -0.15) is 0 Å². The topological polar surface area (TPSA) is 0 Å². The molecule has 6 heteroatoms. The number of rotatable bonds is 9. The molecule has 0 aromatic heterocycles. The summed E-state index contributed by atoms with van der Waals surface area (Å²) in [6, 6.07) is 6.68. The molecule has 0 heterocycles. The second kappa shape index (κ2) is 14.7. The molecule has 2 aromatic rings. The third-order valence-corrected chi connectivity index (χ3v) is 11.0. The molecule has 0 nitrogen and oxygen atoms in total. The largest absolute Gasteiger partial charge is 0.209 e. The van der Waals surface area contributed by atoms with Crippen molar-refractivity contribution in [2.75, 3.05) is 0 Å². The maximum absolute atomic E-state index is 14.9. The van der Waals surface area contributed by atoms with Gasteiger partial charge in [-0.05, 0) is 135 Å². The van der Waals surface area contributed by atoms with Crippen LogP contribution in [0, 0.1) is 46.9 Å². The van der Waals surface area contributed by atoms with Crippen molar-refractivity contribution in [3.63, 3.8) is 0 Å². The maximum Gasteiger partial charge on any atom is 0.194 e. The summed E-state index contributed by atoms with van der Waals surface area (Å²) in [6.45, 7) is 1.78. The number of benzene rings is 2. The number of halogens is 6. The van der Waals surface area contributed by atoms with Crippen molar-refractivity contribution in [1.82, 2.24) is 0 Å². The maximum atomic E-state index is 14.9. The number of hydrogen-bond donors (Lipinski definition) is 0. The molecule has 3 fully saturated rings. The van der Waals surface area contributed by atoms with Gasteiger partial charge in [0.15, 0.2) is 23.3 Å². The van der Waals surface area contributed by atoms with Crippen molar-refractivity contribution in [3.05, 3.63) is 76.1 Å². The Balaban J connectivity index is 1.01. The van der Waals surface area contributed by atoms with E-state index in [1.807, 2.05) is 0 Å². The smallest absolute Gasteiger partial charge is 0.194 e. The molecular weight excluding hydrogens is 558 g/mol. The van der Waals surface area contributed by atoms with Gasteiger partial charge in [-0.1, -0.05) is 44.7 Å². The number of allylic oxidation sites excluding steroid dienone is 1. The van der Waals surface area contributed by atoms with Crippen LogP contribution in [0.15, 0.2) is 36.2 Å². The van der Waals surface area contributed by atoms with Crippen molar-refractivity contribution in [2.45, 2.75) is 121 Å². The molecule has 0 unspecified atom stereocenters. The zero-order valence-electron chi connectivity index (χ0n) is 25.4. The fourth-order valence-corrected chi connectivity index (χ4v) is 8.40. The molecule has 3 saturated carbocycles. The summed E-state index contributed by atoms with van der Waals surface area (Å²) in [5.74, 6) is -2.62. The SMILES string of the molecule is CCC/C(F)=C(\F)c1ccc(C2CCC(CCC3CCC(C4CCC(c5cc(F)c(F)c(F)c5)CC4)CC3)CC2)c(F)c1. The van der Waals surface area contributed by atoms with Crippen LogP contribution in [-0.4, -0.2) is 0 Å². The van der Waals surface area contributed by atoms with Crippen LogP contribution >= 0.6 is 0 Å². The highest BCUT2D eigenvalue weighted by atomic mass is 19.2. The first-order valence-electron chi connectivity index (χ1n) is 16.7. The summed E-state index contributed by atoms with van der Waals surface area (Å²) < 4.78 is 83.8. The lowest BCUT2D eigenvalue weighted by atomic mass is 9.67. The lowest BCUT2D eigenvalue weighted by Crippen LogP contribution is -2.26. The average Bonchev–Trinajstić information content (AvgIpc) is 3.03. The van der Waals surface area contributed by atoms with Crippen LogP contribution in [0.4, 0.5) is 26.3 Å². The fraction of sp³-hybridized carbons (Fsp3) is 0.622. The van der Waals surface area contributed by atoms with Crippen LogP contribution in [0.1, 0.15) is 138 Å². The van der Waals surface area contributed by atoms with E-state index in [4.69, 9.17) is 0 Å². The molecular formula is C37H46F6. The first-order valence-corrected chi connectivity index (χ1v) is 16.7. The van der Waals surface area contributed by atoms with E-state index in [1.54, 1.807) is 13.0 Å². The van der Waals surface area contributed by atoms with E-state index in [9.17, 15) is 26.3 Å². The molecule has 0 bridgehead atoms. The Bertz CT molecular complexity index is 1220. The van der Waals surface area contributed by atoms with E-state index in [2.05, 4.69) is 0 Å². The quantitative estimate of drug-likeness (QED) is 0.197. The van der Waals surface area contributed by atoms with Gasteiger partial charge in [0.05, 0.1) is 0 Å². The van der Waals surface area contributed by atoms with E-state index < -0.39 is 34.9 Å². The summed E-state index contributed by atoms with van der Waals surface area (Å²) >= 11 is 0. The first kappa shape index (κ1) is 32.2. The molecule has 0 atom stereocenters. The third-order valence-electron chi connectivity index (χ3n) is 11.0. The second-order valence-corrected chi connectivity index (χ2v) is 13.7. The van der Waals surface area contributed by atoms with Crippen LogP contribution in [-0.2, 0) is 0 Å². The van der Waals surface area contributed by atoms with Crippen LogP contribution in [0.3, 0.4) is 0 Å². The monoisotopic (exact) mass is 604 g/mol. The van der Waals surface area contributed by atoms with Gasteiger partial charge >= 0.3 is 0 Å². The molecule has 0 N–H and O–H groups in total. The van der Waals surface area contributed by atoms with E-state index in [0.717, 1.165) is 69.3 Å². The standard InChI is InChI=1S/C37H46F6/c1-2-3-32(38)36(42)29-18-19-31(33(39)20-29)28-12-8-24(9-13-28)5-4-23-6-10-25(11-7-23)26-14-16-27(17-15-26)30-21-34(40)37(43)35(41)22-30/h18-28H,2-17H2,1H3/b36-32+. The molecule has 5 rings (SSSR count). The minimum absolute atomic E-state index is 0.0124. The molecule has 0 radical (unpaired) electrons. The van der Waals surface area contributed by atoms with Crippen molar-refractivity contribution < 1.29 is 26.3 Å². The average molecular weight is 605 g/mol. The second-order valence-electron chi connectivity index (χ2n) is 13.7. The van der Waals surface area contributed by atoms with Crippen LogP contribution in [0.25, 0.3) is 5.83 Å².